The lowest BCUT2D eigenvalue weighted by atomic mass is 10.2. The molecule has 9 nitrogen and oxygen atoms in total. The molecule has 1 aliphatic heterocycles. The van der Waals surface area contributed by atoms with Crippen LogP contribution in [-0.2, 0) is 16.1 Å². The van der Waals surface area contributed by atoms with Gasteiger partial charge in [-0.1, -0.05) is 29.8 Å². The van der Waals surface area contributed by atoms with Crippen LogP contribution in [0.3, 0.4) is 0 Å². The van der Waals surface area contributed by atoms with Crippen LogP contribution in [0.2, 0.25) is 5.02 Å². The molecule has 1 fully saturated rings. The molecular weight excluding hydrogens is 463 g/mol. The van der Waals surface area contributed by atoms with Gasteiger partial charge in [0.1, 0.15) is 18.2 Å². The molecule has 0 spiro atoms. The van der Waals surface area contributed by atoms with Gasteiger partial charge < -0.3 is 26.1 Å². The number of halogens is 2. The van der Waals surface area contributed by atoms with E-state index in [9.17, 15) is 14.0 Å². The van der Waals surface area contributed by atoms with Gasteiger partial charge in [0, 0.05) is 43.7 Å². The first kappa shape index (κ1) is 23.4. The summed E-state index contributed by atoms with van der Waals surface area (Å²) in [5, 5.41) is 16.9. The molecule has 3 aromatic rings. The van der Waals surface area contributed by atoms with Crippen molar-refractivity contribution in [1.82, 2.24) is 14.9 Å². The zero-order valence-electron chi connectivity index (χ0n) is 18.0. The Morgan fingerprint density at radius 2 is 2.12 bits per heavy atom. The average molecular weight is 485 g/mol. The predicted octanol–water partition coefficient (Wildman–Crippen LogP) is 2.56. The smallest absolute Gasteiger partial charge is 0.266 e. The molecule has 0 unspecified atom stereocenters. The molecule has 2 aromatic heterocycles. The van der Waals surface area contributed by atoms with Crippen molar-refractivity contribution in [3.63, 3.8) is 0 Å². The van der Waals surface area contributed by atoms with Gasteiger partial charge in [0.25, 0.3) is 5.56 Å². The number of amides is 1. The Morgan fingerprint density at radius 1 is 1.29 bits per heavy atom. The zero-order chi connectivity index (χ0) is 24.1. The zero-order valence-corrected chi connectivity index (χ0v) is 18.7. The van der Waals surface area contributed by atoms with Crippen molar-refractivity contribution in [1.29, 1.82) is 5.41 Å². The lowest BCUT2D eigenvalue weighted by Gasteiger charge is -2.23. The minimum Gasteiger partial charge on any atom is -0.380 e. The normalized spacial score (nSPS) is 15.5. The van der Waals surface area contributed by atoms with E-state index in [0.29, 0.717) is 35.8 Å². The third kappa shape index (κ3) is 5.24. The molecule has 0 bridgehead atoms. The molecule has 176 valence electrons. The Balaban J connectivity index is 1.54. The van der Waals surface area contributed by atoms with Gasteiger partial charge in [0.2, 0.25) is 5.91 Å². The van der Waals surface area contributed by atoms with E-state index in [2.05, 4.69) is 20.9 Å². The molecule has 4 N–H and O–H groups in total. The topological polar surface area (TPSA) is 121 Å². The lowest BCUT2D eigenvalue weighted by molar-refractivity contribution is -0.132. The Kier molecular flexibility index (Phi) is 7.19. The van der Waals surface area contributed by atoms with Gasteiger partial charge in [-0.3, -0.25) is 14.2 Å². The first-order valence-corrected chi connectivity index (χ1v) is 10.9. The highest BCUT2D eigenvalue weighted by molar-refractivity contribution is 6.32. The predicted molar refractivity (Wildman–Crippen MR) is 128 cm³/mol. The summed E-state index contributed by atoms with van der Waals surface area (Å²) < 4.78 is 20.7. The number of morpholine rings is 1. The van der Waals surface area contributed by atoms with E-state index in [0.717, 1.165) is 6.21 Å². The summed E-state index contributed by atoms with van der Waals surface area (Å²) >= 11 is 6.33. The van der Waals surface area contributed by atoms with Gasteiger partial charge in [-0.05, 0) is 12.1 Å². The fourth-order valence-corrected chi connectivity index (χ4v) is 3.65. The monoisotopic (exact) mass is 484 g/mol. The minimum atomic E-state index is -0.467. The molecule has 1 amide bonds. The molecule has 11 heteroatoms. The second-order valence-corrected chi connectivity index (χ2v) is 7.95. The second kappa shape index (κ2) is 10.4. The van der Waals surface area contributed by atoms with Gasteiger partial charge in [0.15, 0.2) is 0 Å². The quantitative estimate of drug-likeness (QED) is 0.365. The number of nitrogens with zero attached hydrogens (tertiary/aromatic N) is 2. The Morgan fingerprint density at radius 3 is 2.85 bits per heavy atom. The van der Waals surface area contributed by atoms with E-state index in [1.807, 2.05) is 0 Å². The maximum atomic E-state index is 13.9. The van der Waals surface area contributed by atoms with Gasteiger partial charge >= 0.3 is 0 Å². The van der Waals surface area contributed by atoms with Crippen molar-refractivity contribution >= 4 is 35.2 Å². The summed E-state index contributed by atoms with van der Waals surface area (Å²) in [4.78, 5) is 28.6. The summed E-state index contributed by atoms with van der Waals surface area (Å²) in [6.07, 6.45) is 3.68. The molecule has 1 saturated heterocycles. The van der Waals surface area contributed by atoms with E-state index in [1.54, 1.807) is 30.3 Å². The number of anilines is 2. The molecule has 1 atom stereocenters. The molecular formula is C23H22ClFN6O3. The second-order valence-electron chi connectivity index (χ2n) is 7.55. The number of hydrogen-bond donors (Lipinski definition) is 4. The summed E-state index contributed by atoms with van der Waals surface area (Å²) in [5.74, 6) is -0.0503. The highest BCUT2D eigenvalue weighted by atomic mass is 35.5. The number of rotatable bonds is 8. The first-order chi connectivity index (χ1) is 16.5. The SMILES string of the molecule is N=Cc1c(NCc2ccccc2F)ccn(-c2cc(NC[C@@H]3CNC(=O)CO3)ncc2Cl)c1=O. The molecule has 1 aromatic carbocycles. The van der Waals surface area contributed by atoms with Crippen LogP contribution in [0.5, 0.6) is 0 Å². The first-order valence-electron chi connectivity index (χ1n) is 10.5. The summed E-state index contributed by atoms with van der Waals surface area (Å²) in [6.45, 7) is 0.944. The van der Waals surface area contributed by atoms with Crippen LogP contribution >= 0.6 is 11.6 Å². The van der Waals surface area contributed by atoms with Crippen LogP contribution in [0.1, 0.15) is 11.1 Å². The van der Waals surface area contributed by atoms with Crippen LogP contribution in [0.4, 0.5) is 15.9 Å². The Labute approximate surface area is 199 Å². The van der Waals surface area contributed by atoms with Crippen LogP contribution in [-0.4, -0.2) is 47.5 Å². The van der Waals surface area contributed by atoms with Gasteiger partial charge in [-0.15, -0.1) is 0 Å². The lowest BCUT2D eigenvalue weighted by Crippen LogP contribution is -2.45. The number of benzene rings is 1. The van der Waals surface area contributed by atoms with Crippen molar-refractivity contribution in [3.8, 4) is 5.69 Å². The molecule has 4 rings (SSSR count). The Hall–Kier alpha value is -3.76. The van der Waals surface area contributed by atoms with Gasteiger partial charge in [-0.2, -0.15) is 0 Å². The van der Waals surface area contributed by atoms with Crippen molar-refractivity contribution in [2.24, 2.45) is 0 Å². The third-order valence-corrected chi connectivity index (χ3v) is 5.57. The number of carbonyl (C=O) groups excluding carboxylic acids is 1. The maximum Gasteiger partial charge on any atom is 0.266 e. The number of hydrogen-bond acceptors (Lipinski definition) is 7. The Bertz CT molecular complexity index is 1270. The highest BCUT2D eigenvalue weighted by Crippen LogP contribution is 2.23. The standard InChI is InChI=1S/C23H22ClFN6O3/c24-17-12-29-21(28-10-15-11-30-22(32)13-34-15)7-20(17)31-6-5-19(16(8-26)23(31)33)27-9-14-3-1-2-4-18(14)25/h1-8,12,15,26-27H,9-11,13H2,(H,28,29)(H,30,32)/t15-/m1/s1. The van der Waals surface area contributed by atoms with Crippen molar-refractivity contribution < 1.29 is 13.9 Å². The average Bonchev–Trinajstić information content (AvgIpc) is 2.84. The van der Waals surface area contributed by atoms with Crippen LogP contribution in [0.25, 0.3) is 5.69 Å². The molecule has 0 aliphatic carbocycles. The maximum absolute atomic E-state index is 13.9. The van der Waals surface area contributed by atoms with Crippen molar-refractivity contribution in [3.05, 3.63) is 81.1 Å². The van der Waals surface area contributed by atoms with Crippen molar-refractivity contribution in [2.45, 2.75) is 12.6 Å². The van der Waals surface area contributed by atoms with E-state index < -0.39 is 5.56 Å². The third-order valence-electron chi connectivity index (χ3n) is 5.28. The summed E-state index contributed by atoms with van der Waals surface area (Å²) in [5.41, 5.74) is 0.862. The van der Waals surface area contributed by atoms with Crippen molar-refractivity contribution in [2.75, 3.05) is 30.3 Å². The van der Waals surface area contributed by atoms with E-state index >= 15 is 0 Å². The summed E-state index contributed by atoms with van der Waals surface area (Å²) in [7, 11) is 0. The number of nitrogens with one attached hydrogen (secondary N) is 4. The van der Waals surface area contributed by atoms with E-state index in [1.165, 1.54) is 23.0 Å². The van der Waals surface area contributed by atoms with Crippen LogP contribution in [0, 0.1) is 11.2 Å². The van der Waals surface area contributed by atoms with Gasteiger partial charge in [0.05, 0.1) is 34.3 Å². The number of carbonyl (C=O) groups is 1. The summed E-state index contributed by atoms with van der Waals surface area (Å²) in [6, 6.07) is 9.58. The molecule has 1 aliphatic rings. The van der Waals surface area contributed by atoms with Gasteiger partial charge in [-0.25, -0.2) is 9.37 Å². The number of ether oxygens (including phenoxy) is 1. The molecule has 0 saturated carbocycles. The minimum absolute atomic E-state index is 0.00470. The van der Waals surface area contributed by atoms with E-state index in [-0.39, 0.29) is 41.6 Å². The molecule has 0 radical (unpaired) electrons. The largest absolute Gasteiger partial charge is 0.380 e. The highest BCUT2D eigenvalue weighted by Gasteiger charge is 2.19. The van der Waals surface area contributed by atoms with E-state index in [4.69, 9.17) is 21.7 Å². The number of pyridine rings is 2. The fraction of sp³-hybridized carbons (Fsp3) is 0.217. The van der Waals surface area contributed by atoms with Crippen LogP contribution < -0.4 is 21.5 Å². The molecule has 3 heterocycles. The number of aromatic nitrogens is 2. The fourth-order valence-electron chi connectivity index (χ4n) is 3.46. The molecule has 34 heavy (non-hydrogen) atoms. The van der Waals surface area contributed by atoms with Crippen LogP contribution in [0.15, 0.2) is 53.6 Å².